The molecule has 16 heavy (non-hydrogen) atoms. The molecule has 0 unspecified atom stereocenters. The van der Waals surface area contributed by atoms with Gasteiger partial charge in [-0.25, -0.2) is 9.37 Å². The summed E-state index contributed by atoms with van der Waals surface area (Å²) < 4.78 is 13.1. The number of nitrogens with two attached hydrogens (primary N) is 1. The second-order valence-electron chi connectivity index (χ2n) is 3.75. The van der Waals surface area contributed by atoms with Gasteiger partial charge in [0, 0.05) is 12.0 Å². The molecular formula is C12H14FN3. The van der Waals surface area contributed by atoms with Gasteiger partial charge in [0.2, 0.25) is 0 Å². The first-order valence-electron chi connectivity index (χ1n) is 5.21. The van der Waals surface area contributed by atoms with Crippen molar-refractivity contribution in [3.05, 3.63) is 41.6 Å². The molecule has 0 aliphatic heterocycles. The number of imidazole rings is 1. The number of aryl methyl sites for hydroxylation is 1. The highest BCUT2D eigenvalue weighted by molar-refractivity contribution is 5.59. The molecule has 1 aromatic heterocycles. The molecule has 0 bridgehead atoms. The molecule has 0 aliphatic carbocycles. The van der Waals surface area contributed by atoms with Crippen molar-refractivity contribution < 1.29 is 4.39 Å². The first kappa shape index (κ1) is 10.8. The van der Waals surface area contributed by atoms with Gasteiger partial charge in [-0.05, 0) is 37.2 Å². The summed E-state index contributed by atoms with van der Waals surface area (Å²) in [6, 6.07) is 5.01. The Morgan fingerprint density at radius 3 is 2.94 bits per heavy atom. The number of hydrogen-bond donors (Lipinski definition) is 2. The van der Waals surface area contributed by atoms with Gasteiger partial charge < -0.3 is 10.7 Å². The number of H-pyrrole nitrogens is 1. The zero-order chi connectivity index (χ0) is 11.5. The summed E-state index contributed by atoms with van der Waals surface area (Å²) in [6.45, 7) is 2.31. The quantitative estimate of drug-likeness (QED) is 0.829. The molecular weight excluding hydrogens is 205 g/mol. The minimum absolute atomic E-state index is 0.189. The van der Waals surface area contributed by atoms with Crippen molar-refractivity contribution in [2.24, 2.45) is 5.73 Å². The lowest BCUT2D eigenvalue weighted by Gasteiger charge is -2.00. The summed E-state index contributed by atoms with van der Waals surface area (Å²) in [5.41, 5.74) is 7.91. The van der Waals surface area contributed by atoms with E-state index in [0.29, 0.717) is 12.1 Å². The molecule has 0 aliphatic rings. The maximum absolute atomic E-state index is 13.1. The topological polar surface area (TPSA) is 54.7 Å². The fraction of sp³-hybridized carbons (Fsp3) is 0.250. The van der Waals surface area contributed by atoms with Gasteiger partial charge in [-0.15, -0.1) is 0 Å². The number of benzene rings is 1. The first-order chi connectivity index (χ1) is 7.70. The van der Waals surface area contributed by atoms with Gasteiger partial charge >= 0.3 is 0 Å². The average molecular weight is 219 g/mol. The van der Waals surface area contributed by atoms with Crippen LogP contribution in [0.5, 0.6) is 0 Å². The van der Waals surface area contributed by atoms with Crippen molar-refractivity contribution in [1.82, 2.24) is 9.97 Å². The standard InChI is InChI=1S/C12H14FN3/c1-8-6-9(2-3-10(8)13)11-7-15-12(16-11)4-5-14/h2-3,6-7H,4-5,14H2,1H3,(H,15,16). The summed E-state index contributed by atoms with van der Waals surface area (Å²) in [6.07, 6.45) is 2.47. The smallest absolute Gasteiger partial charge is 0.126 e. The summed E-state index contributed by atoms with van der Waals surface area (Å²) in [5, 5.41) is 0. The molecule has 3 N–H and O–H groups in total. The maximum atomic E-state index is 13.1. The molecule has 2 rings (SSSR count). The van der Waals surface area contributed by atoms with E-state index in [9.17, 15) is 4.39 Å². The van der Waals surface area contributed by atoms with Crippen molar-refractivity contribution in [3.8, 4) is 11.3 Å². The van der Waals surface area contributed by atoms with Crippen LogP contribution in [0.25, 0.3) is 11.3 Å². The Balaban J connectivity index is 2.31. The van der Waals surface area contributed by atoms with E-state index < -0.39 is 0 Å². The fourth-order valence-electron chi connectivity index (χ4n) is 1.59. The molecule has 0 amide bonds. The third-order valence-electron chi connectivity index (χ3n) is 2.48. The number of aromatic nitrogens is 2. The van der Waals surface area contributed by atoms with Gasteiger partial charge in [0.25, 0.3) is 0 Å². The SMILES string of the molecule is Cc1cc(-c2cnc(CCN)[nH]2)ccc1F. The van der Waals surface area contributed by atoms with E-state index in [4.69, 9.17) is 5.73 Å². The third-order valence-corrected chi connectivity index (χ3v) is 2.48. The molecule has 0 spiro atoms. The Hall–Kier alpha value is -1.68. The van der Waals surface area contributed by atoms with E-state index in [-0.39, 0.29) is 5.82 Å². The number of nitrogens with one attached hydrogen (secondary N) is 1. The lowest BCUT2D eigenvalue weighted by Crippen LogP contribution is -2.03. The molecule has 1 heterocycles. The summed E-state index contributed by atoms with van der Waals surface area (Å²) in [4.78, 5) is 7.37. The highest BCUT2D eigenvalue weighted by Crippen LogP contribution is 2.19. The normalized spacial score (nSPS) is 10.7. The minimum atomic E-state index is -0.189. The van der Waals surface area contributed by atoms with E-state index in [0.717, 1.165) is 23.5 Å². The monoisotopic (exact) mass is 219 g/mol. The van der Waals surface area contributed by atoms with E-state index >= 15 is 0 Å². The molecule has 1 aromatic carbocycles. The average Bonchev–Trinajstić information content (AvgIpc) is 2.71. The van der Waals surface area contributed by atoms with Crippen molar-refractivity contribution in [2.45, 2.75) is 13.3 Å². The van der Waals surface area contributed by atoms with Crippen LogP contribution in [0.4, 0.5) is 4.39 Å². The lowest BCUT2D eigenvalue weighted by molar-refractivity contribution is 0.619. The van der Waals surface area contributed by atoms with E-state index in [1.807, 2.05) is 0 Å². The number of hydrogen-bond acceptors (Lipinski definition) is 2. The first-order valence-corrected chi connectivity index (χ1v) is 5.21. The Kier molecular flexibility index (Phi) is 3.01. The Bertz CT molecular complexity index is 491. The van der Waals surface area contributed by atoms with E-state index in [2.05, 4.69) is 9.97 Å². The summed E-state index contributed by atoms with van der Waals surface area (Å²) >= 11 is 0. The second kappa shape index (κ2) is 4.45. The molecule has 0 saturated carbocycles. The zero-order valence-electron chi connectivity index (χ0n) is 9.13. The van der Waals surface area contributed by atoms with Crippen molar-refractivity contribution >= 4 is 0 Å². The summed E-state index contributed by atoms with van der Waals surface area (Å²) in [7, 11) is 0. The summed E-state index contributed by atoms with van der Waals surface area (Å²) in [5.74, 6) is 0.671. The molecule has 0 radical (unpaired) electrons. The maximum Gasteiger partial charge on any atom is 0.126 e. The van der Waals surface area contributed by atoms with Crippen molar-refractivity contribution in [1.29, 1.82) is 0 Å². The molecule has 84 valence electrons. The van der Waals surface area contributed by atoms with Crippen LogP contribution in [0, 0.1) is 12.7 Å². The van der Waals surface area contributed by atoms with Gasteiger partial charge in [0.15, 0.2) is 0 Å². The van der Waals surface area contributed by atoms with Crippen molar-refractivity contribution in [3.63, 3.8) is 0 Å². The number of nitrogens with zero attached hydrogens (tertiary/aromatic N) is 1. The van der Waals surface area contributed by atoms with Crippen LogP contribution in [0.2, 0.25) is 0 Å². The Morgan fingerprint density at radius 2 is 2.25 bits per heavy atom. The third kappa shape index (κ3) is 2.12. The van der Waals surface area contributed by atoms with Gasteiger partial charge in [0.1, 0.15) is 11.6 Å². The Labute approximate surface area is 93.5 Å². The lowest BCUT2D eigenvalue weighted by atomic mass is 10.1. The van der Waals surface area contributed by atoms with Gasteiger partial charge in [0.05, 0.1) is 11.9 Å². The van der Waals surface area contributed by atoms with Crippen LogP contribution in [0.1, 0.15) is 11.4 Å². The van der Waals surface area contributed by atoms with E-state index in [1.165, 1.54) is 6.07 Å². The minimum Gasteiger partial charge on any atom is -0.342 e. The zero-order valence-corrected chi connectivity index (χ0v) is 9.13. The molecule has 0 fully saturated rings. The molecule has 2 aromatic rings. The number of aromatic amines is 1. The number of rotatable bonds is 3. The van der Waals surface area contributed by atoms with Gasteiger partial charge in [-0.2, -0.15) is 0 Å². The fourth-order valence-corrected chi connectivity index (χ4v) is 1.59. The largest absolute Gasteiger partial charge is 0.342 e. The van der Waals surface area contributed by atoms with Crippen LogP contribution in [-0.2, 0) is 6.42 Å². The van der Waals surface area contributed by atoms with Crippen LogP contribution >= 0.6 is 0 Å². The predicted molar refractivity (Wildman–Crippen MR) is 61.5 cm³/mol. The second-order valence-corrected chi connectivity index (χ2v) is 3.75. The van der Waals surface area contributed by atoms with Crippen LogP contribution in [0.15, 0.2) is 24.4 Å². The molecule has 4 heteroatoms. The highest BCUT2D eigenvalue weighted by atomic mass is 19.1. The van der Waals surface area contributed by atoms with Crippen LogP contribution < -0.4 is 5.73 Å². The molecule has 0 saturated heterocycles. The van der Waals surface area contributed by atoms with Crippen molar-refractivity contribution in [2.75, 3.05) is 6.54 Å². The number of halogens is 1. The van der Waals surface area contributed by atoms with Gasteiger partial charge in [-0.1, -0.05) is 0 Å². The Morgan fingerprint density at radius 1 is 1.44 bits per heavy atom. The van der Waals surface area contributed by atoms with Gasteiger partial charge in [-0.3, -0.25) is 0 Å². The van der Waals surface area contributed by atoms with Crippen LogP contribution in [0.3, 0.4) is 0 Å². The highest BCUT2D eigenvalue weighted by Gasteiger charge is 2.04. The molecule has 3 nitrogen and oxygen atoms in total. The predicted octanol–water partition coefficient (Wildman–Crippen LogP) is 2.03. The van der Waals surface area contributed by atoms with E-state index in [1.54, 1.807) is 25.3 Å². The van der Waals surface area contributed by atoms with Crippen LogP contribution in [-0.4, -0.2) is 16.5 Å². The molecule has 0 atom stereocenters.